The maximum atomic E-state index is 12.7. The van der Waals surface area contributed by atoms with Gasteiger partial charge in [0.1, 0.15) is 83.0 Å². The third-order valence-electron chi connectivity index (χ3n) is 23.8. The zero-order chi connectivity index (χ0) is 98.1. The van der Waals surface area contributed by atoms with Crippen molar-refractivity contribution in [3.8, 4) is 68.7 Å². The lowest BCUT2D eigenvalue weighted by Crippen LogP contribution is -2.28. The molecule has 8 amide bonds. The number of anilines is 8. The van der Waals surface area contributed by atoms with Crippen molar-refractivity contribution < 1.29 is 38.4 Å². The van der Waals surface area contributed by atoms with Crippen LogP contribution in [0.15, 0.2) is 197 Å². The highest BCUT2D eigenvalue weighted by molar-refractivity contribution is 7.16. The number of nitrogens with one attached hydrogen (secondary N) is 4. The van der Waals surface area contributed by atoms with Crippen LogP contribution in [-0.4, -0.2) is 218 Å². The van der Waals surface area contributed by atoms with Crippen LogP contribution in [0.5, 0.6) is 0 Å². The number of thiazole rings is 2. The first-order valence-corrected chi connectivity index (χ1v) is 46.0. The fourth-order valence-corrected chi connectivity index (χ4v) is 18.2. The van der Waals surface area contributed by atoms with Crippen molar-refractivity contribution in [2.75, 3.05) is 96.6 Å². The van der Waals surface area contributed by atoms with Gasteiger partial charge in [-0.25, -0.2) is 78.5 Å². The molecule has 0 bridgehead atoms. The molecule has 0 spiro atoms. The van der Waals surface area contributed by atoms with Gasteiger partial charge in [0.15, 0.2) is 32.9 Å². The van der Waals surface area contributed by atoms with E-state index in [4.69, 9.17) is 43.3 Å². The SMILES string of the molecule is C=CC(=O)N1CCC(n2nc(-c3ccc(C(=O)Nc4cc(C)ccn4)cc3)c3c(N)ncnc32)C1.C=CC(=O)N1CCC(n2nc(-c3ccc(C(=O)Nc4ncc(C)s4)cc3)c3c(N)ncnc32)C1.CC#CC(=O)N1CCC(n2nc(-c3ccc(C(=O)Nc4cc(C)ccn4)cc3)c3c(N)ncnc32)C1.CC#CC(=O)N1CCC(n2nc(-c3ccc(C(=O)Nc4ncc(C)s4)cc3)c3c(N)ncnc32)C1. The molecule has 12 N–H and O–H groups in total. The number of carbonyl (C=O) groups excluding carboxylic acids is 8. The van der Waals surface area contributed by atoms with Gasteiger partial charge < -0.3 is 53.2 Å². The van der Waals surface area contributed by atoms with Gasteiger partial charge >= 0.3 is 0 Å². The molecule has 0 radical (unpaired) electrons. The minimum atomic E-state index is -0.260. The number of nitrogens with zero attached hydrogens (tertiary/aromatic N) is 24. The molecule has 40 nitrogen and oxygen atoms in total. The largest absolute Gasteiger partial charge is 0.383 e. The van der Waals surface area contributed by atoms with Gasteiger partial charge in [-0.3, -0.25) is 49.0 Å². The van der Waals surface area contributed by atoms with E-state index >= 15 is 0 Å². The first-order valence-electron chi connectivity index (χ1n) is 44.4. The molecule has 4 saturated heterocycles. The summed E-state index contributed by atoms with van der Waals surface area (Å²) in [6.07, 6.45) is 18.0. The van der Waals surface area contributed by atoms with Gasteiger partial charge in [0.25, 0.3) is 35.4 Å². The van der Waals surface area contributed by atoms with E-state index in [1.807, 2.05) is 107 Å². The molecule has 704 valence electrons. The Labute approximate surface area is 808 Å². The van der Waals surface area contributed by atoms with Crippen molar-refractivity contribution >= 4 is 159 Å². The lowest BCUT2D eigenvalue weighted by Gasteiger charge is -2.14. The van der Waals surface area contributed by atoms with Crippen LogP contribution in [0.4, 0.5) is 45.2 Å². The Bertz CT molecular complexity index is 7680. The van der Waals surface area contributed by atoms with Gasteiger partial charge in [-0.1, -0.05) is 73.5 Å². The second-order valence-electron chi connectivity index (χ2n) is 33.1. The number of rotatable bonds is 18. The Morgan fingerprint density at radius 1 is 0.364 bits per heavy atom. The summed E-state index contributed by atoms with van der Waals surface area (Å²) in [7, 11) is 0. The molecule has 4 fully saturated rings. The molecule has 4 aliphatic heterocycles. The maximum absolute atomic E-state index is 12.7. The lowest BCUT2D eigenvalue weighted by atomic mass is 10.1. The van der Waals surface area contributed by atoms with Crippen molar-refractivity contribution in [1.29, 1.82) is 0 Å². The molecular weight excluding hydrogens is 1820 g/mol. The van der Waals surface area contributed by atoms with Crippen LogP contribution in [0.3, 0.4) is 0 Å². The maximum Gasteiger partial charge on any atom is 0.298 e. The molecule has 4 aliphatic rings. The molecule has 12 aromatic heterocycles. The van der Waals surface area contributed by atoms with E-state index in [2.05, 4.69) is 118 Å². The van der Waals surface area contributed by atoms with E-state index in [1.165, 1.54) is 60.1 Å². The highest BCUT2D eigenvalue weighted by Gasteiger charge is 2.36. The molecular formula is C98H92N32O8S2. The zero-order valence-electron chi connectivity index (χ0n) is 76.7. The Hall–Kier alpha value is -17.8. The first kappa shape index (κ1) is 94.0. The highest BCUT2D eigenvalue weighted by atomic mass is 32.1. The van der Waals surface area contributed by atoms with Crippen LogP contribution in [0, 0.1) is 51.4 Å². The fourth-order valence-electron chi connectivity index (χ4n) is 16.8. The number of aryl methyl sites for hydroxylation is 4. The summed E-state index contributed by atoms with van der Waals surface area (Å²) in [5.41, 5.74) is 36.9. The number of hydrogen-bond donors (Lipinski definition) is 8. The van der Waals surface area contributed by atoms with Crippen LogP contribution in [0.25, 0.3) is 89.2 Å². The molecule has 4 unspecified atom stereocenters. The summed E-state index contributed by atoms with van der Waals surface area (Å²) in [5, 5.41) is 34.2. The summed E-state index contributed by atoms with van der Waals surface area (Å²) in [6, 6.07) is 35.5. The van der Waals surface area contributed by atoms with Crippen molar-refractivity contribution in [1.82, 2.24) is 119 Å². The molecule has 42 heteroatoms. The predicted octanol–water partition coefficient (Wildman–Crippen LogP) is 11.8. The van der Waals surface area contributed by atoms with Crippen molar-refractivity contribution in [3.05, 3.63) is 240 Å². The third-order valence-corrected chi connectivity index (χ3v) is 25.5. The normalized spacial score (nSPS) is 15.2. The van der Waals surface area contributed by atoms with Crippen LogP contribution in [-0.2, 0) is 19.2 Å². The van der Waals surface area contributed by atoms with Crippen LogP contribution in [0.1, 0.15) is 126 Å². The standard InChI is InChI=1S/C26H24N8O2.C25H24N8O2.C24H22N8O2S.C23H22N8O2S/c1-3-4-21(35)33-12-10-19(14-33)34-25-22(24(27)29-15-30-25)23(32-34)17-5-7-18(8-6-17)26(36)31-20-13-16(2)9-11-28-20;1-3-20(34)32-11-9-18(13-32)33-24-21(23(26)28-14-29-24)22(31-33)16-4-6-17(7-5-16)25(35)30-19-12-15(2)8-10-27-19;1-3-4-18(33)31-10-9-17(12-31)32-22-19(21(25)27-13-28-22)20(30-32)15-5-7-16(8-6-15)23(34)29-24-26-11-14(2)35-24;1-3-17(32)30-9-8-16(11-30)31-21-18(20(24)26-12-27-21)19(29-31)14-4-6-15(7-5-14)22(33)28-23-25-10-13(2)34-23/h5-9,11,13,15,19H,10,12,14H2,1-2H3,(H2,27,29,30)(H,28,31,36);3-8,10,12,14,18H,1,9,11,13H2,2H3,(H2,26,28,29)(H,27,30,35);5-8,11,13,17H,9-10,12H2,1-2H3,(H2,25,27,28)(H,26,29,34);3-7,10,12,16H,1,8-9,11H2,2H3,(H2,24,26,27)(H,25,28,33). The van der Waals surface area contributed by atoms with E-state index in [0.717, 1.165) is 68.8 Å². The third kappa shape index (κ3) is 20.3. The Kier molecular flexibility index (Phi) is 27.6. The van der Waals surface area contributed by atoms with E-state index in [-0.39, 0.29) is 71.4 Å². The molecule has 20 rings (SSSR count). The smallest absolute Gasteiger partial charge is 0.298 e. The number of benzene rings is 4. The number of nitrogens with two attached hydrogens (primary N) is 4. The Balaban J connectivity index is 0.000000129. The van der Waals surface area contributed by atoms with E-state index < -0.39 is 0 Å². The zero-order valence-corrected chi connectivity index (χ0v) is 78.3. The highest BCUT2D eigenvalue weighted by Crippen LogP contribution is 2.41. The van der Waals surface area contributed by atoms with Gasteiger partial charge in [-0.05, 0) is 175 Å². The monoisotopic (exact) mass is 1910 g/mol. The number of amides is 8. The summed E-state index contributed by atoms with van der Waals surface area (Å²) in [6.45, 7) is 22.6. The molecule has 16 aromatic rings. The quantitative estimate of drug-likeness (QED) is 0.0292. The summed E-state index contributed by atoms with van der Waals surface area (Å²) >= 11 is 2.84. The Morgan fingerprint density at radius 2 is 0.636 bits per heavy atom. The molecule has 0 saturated carbocycles. The molecule has 4 atom stereocenters. The Morgan fingerprint density at radius 3 is 0.893 bits per heavy atom. The van der Waals surface area contributed by atoms with Crippen molar-refractivity contribution in [2.24, 2.45) is 0 Å². The number of fused-ring (bicyclic) bond motifs is 4. The van der Waals surface area contributed by atoms with Crippen LogP contribution < -0.4 is 44.2 Å². The number of nitrogen functional groups attached to an aromatic ring is 4. The topological polar surface area (TPSA) is 528 Å². The average Bonchev–Trinajstić information content (AvgIpc) is 1.62. The summed E-state index contributed by atoms with van der Waals surface area (Å²) in [4.78, 5) is 159. The van der Waals surface area contributed by atoms with E-state index in [0.29, 0.717) is 187 Å². The van der Waals surface area contributed by atoms with Crippen molar-refractivity contribution in [2.45, 2.75) is 91.4 Å². The number of aromatic nitrogens is 20. The molecule has 140 heavy (non-hydrogen) atoms. The van der Waals surface area contributed by atoms with Gasteiger partial charge in [-0.15, -0.1) is 22.7 Å². The van der Waals surface area contributed by atoms with Gasteiger partial charge in [0.05, 0.1) is 45.7 Å². The van der Waals surface area contributed by atoms with Crippen LogP contribution >= 0.6 is 22.7 Å². The first-order chi connectivity index (χ1) is 67.8. The minimum Gasteiger partial charge on any atom is -0.383 e. The van der Waals surface area contributed by atoms with E-state index in [1.54, 1.807) is 119 Å². The van der Waals surface area contributed by atoms with Crippen LogP contribution in [0.2, 0.25) is 0 Å². The summed E-state index contributed by atoms with van der Waals surface area (Å²) < 4.78 is 7.29. The second-order valence-corrected chi connectivity index (χ2v) is 35.6. The lowest BCUT2D eigenvalue weighted by molar-refractivity contribution is -0.125. The van der Waals surface area contributed by atoms with Crippen molar-refractivity contribution in [3.63, 3.8) is 0 Å². The molecule has 0 aliphatic carbocycles. The number of likely N-dealkylation sites (tertiary alicyclic amines) is 4. The number of hydrogen-bond acceptors (Lipinski definition) is 30. The minimum absolute atomic E-state index is 0.0405. The van der Waals surface area contributed by atoms with Gasteiger partial charge in [0.2, 0.25) is 11.8 Å². The van der Waals surface area contributed by atoms with Gasteiger partial charge in [-0.2, -0.15) is 20.4 Å². The van der Waals surface area contributed by atoms with Gasteiger partial charge in [0, 0.05) is 131 Å². The summed E-state index contributed by atoms with van der Waals surface area (Å²) in [5.74, 6) is 11.2. The molecule has 4 aromatic carbocycles. The number of pyridine rings is 2. The molecule has 16 heterocycles. The predicted molar refractivity (Wildman–Crippen MR) is 532 cm³/mol. The average molecular weight is 1910 g/mol. The second kappa shape index (κ2) is 41.2. The number of carbonyl (C=O) groups is 8. The van der Waals surface area contributed by atoms with E-state index in [9.17, 15) is 38.4 Å². The fraction of sp³-hybridized carbons (Fsp3) is 0.224.